The molecular formula is C31H29F2N5O3. The van der Waals surface area contributed by atoms with E-state index in [0.717, 1.165) is 24.5 Å². The first-order valence-corrected chi connectivity index (χ1v) is 13.7. The van der Waals surface area contributed by atoms with Gasteiger partial charge in [0, 0.05) is 41.7 Å². The third-order valence-corrected chi connectivity index (χ3v) is 7.08. The van der Waals surface area contributed by atoms with Gasteiger partial charge in [-0.2, -0.15) is 5.26 Å². The fraction of sp³-hybridized carbons (Fsp3) is 0.323. The van der Waals surface area contributed by atoms with Crippen LogP contribution in [0.15, 0.2) is 53.8 Å². The summed E-state index contributed by atoms with van der Waals surface area (Å²) in [6, 6.07) is 11.5. The summed E-state index contributed by atoms with van der Waals surface area (Å²) in [6.45, 7) is 4.93. The van der Waals surface area contributed by atoms with Gasteiger partial charge in [-0.25, -0.2) is 18.8 Å². The van der Waals surface area contributed by atoms with E-state index in [4.69, 9.17) is 14.2 Å². The van der Waals surface area contributed by atoms with Crippen molar-refractivity contribution in [2.45, 2.75) is 39.2 Å². The number of amidine groups is 1. The number of aromatic nitrogens is 2. The minimum Gasteiger partial charge on any atom is -0.490 e. The van der Waals surface area contributed by atoms with Crippen LogP contribution < -0.4 is 14.8 Å². The molecule has 3 heterocycles. The van der Waals surface area contributed by atoms with Crippen LogP contribution in [0.25, 0.3) is 22.2 Å². The lowest BCUT2D eigenvalue weighted by Crippen LogP contribution is -2.28. The summed E-state index contributed by atoms with van der Waals surface area (Å²) in [7, 11) is 0. The number of pyridine rings is 1. The SMILES string of the molecule is CC(C)Oc1ccc(-c2c[nH]c3nccc(Oc4c(F)cc(NC5=NCC(CC6CC6)CO5)cc4F)c23)cc1C#N. The number of ether oxygens (including phenoxy) is 3. The Morgan fingerprint density at radius 2 is 1.93 bits per heavy atom. The van der Waals surface area contributed by atoms with Crippen LogP contribution in [0.3, 0.4) is 0 Å². The molecule has 2 aromatic carbocycles. The lowest BCUT2D eigenvalue weighted by Gasteiger charge is -2.22. The fourth-order valence-corrected chi connectivity index (χ4v) is 4.99. The average Bonchev–Trinajstić information content (AvgIpc) is 3.66. The molecule has 1 fully saturated rings. The number of benzene rings is 2. The molecule has 0 amide bonds. The van der Waals surface area contributed by atoms with Crippen LogP contribution >= 0.6 is 0 Å². The third kappa shape index (κ3) is 5.80. The molecule has 1 aliphatic carbocycles. The predicted molar refractivity (Wildman–Crippen MR) is 151 cm³/mol. The van der Waals surface area contributed by atoms with Crippen LogP contribution in [-0.2, 0) is 4.74 Å². The van der Waals surface area contributed by atoms with E-state index in [9.17, 15) is 5.26 Å². The lowest BCUT2D eigenvalue weighted by molar-refractivity contribution is 0.207. The number of nitrogens with one attached hydrogen (secondary N) is 2. The summed E-state index contributed by atoms with van der Waals surface area (Å²) in [5.74, 6) is -0.490. The van der Waals surface area contributed by atoms with Crippen LogP contribution in [-0.4, -0.2) is 35.2 Å². The largest absolute Gasteiger partial charge is 0.490 e. The standard InChI is InChI=1S/C31H29F2N5O3/c1-17(2)40-26-6-5-20(10-21(26)13-34)23-15-36-30-28(23)27(7-8-35-30)41-29-24(32)11-22(12-25(29)33)38-31-37-14-19(16-39-31)9-18-3-4-18/h5-8,10-12,15,17-19H,3-4,9,14,16H2,1-2H3,(H,35,36)(H,37,38). The number of aliphatic imine (C=N–C) groups is 1. The highest BCUT2D eigenvalue weighted by Gasteiger charge is 2.28. The molecule has 41 heavy (non-hydrogen) atoms. The highest BCUT2D eigenvalue weighted by atomic mass is 19.1. The number of rotatable bonds is 8. The van der Waals surface area contributed by atoms with Gasteiger partial charge in [-0.3, -0.25) is 0 Å². The molecule has 6 rings (SSSR count). The average molecular weight is 558 g/mol. The van der Waals surface area contributed by atoms with Crippen molar-refractivity contribution >= 4 is 22.7 Å². The van der Waals surface area contributed by atoms with Crippen LogP contribution in [0.5, 0.6) is 17.2 Å². The van der Waals surface area contributed by atoms with Gasteiger partial charge in [0.2, 0.25) is 0 Å². The monoisotopic (exact) mass is 557 g/mol. The van der Waals surface area contributed by atoms with E-state index in [1.54, 1.807) is 18.3 Å². The number of hydrogen-bond donors (Lipinski definition) is 2. The fourth-order valence-electron chi connectivity index (χ4n) is 4.99. The second kappa shape index (κ2) is 11.1. The van der Waals surface area contributed by atoms with Crippen LogP contribution in [0.4, 0.5) is 14.5 Å². The van der Waals surface area contributed by atoms with Gasteiger partial charge >= 0.3 is 0 Å². The molecule has 10 heteroatoms. The lowest BCUT2D eigenvalue weighted by atomic mass is 10.0. The normalized spacial score (nSPS) is 16.7. The molecule has 1 aliphatic heterocycles. The van der Waals surface area contributed by atoms with Crippen LogP contribution in [0.1, 0.15) is 38.7 Å². The number of anilines is 1. The van der Waals surface area contributed by atoms with Crippen molar-refractivity contribution in [1.29, 1.82) is 5.26 Å². The van der Waals surface area contributed by atoms with E-state index in [1.807, 2.05) is 19.9 Å². The summed E-state index contributed by atoms with van der Waals surface area (Å²) in [6.07, 6.45) is 6.76. The molecule has 2 aliphatic rings. The van der Waals surface area contributed by atoms with Crippen molar-refractivity contribution in [2.75, 3.05) is 18.5 Å². The molecule has 1 unspecified atom stereocenters. The van der Waals surface area contributed by atoms with Gasteiger partial charge in [0.1, 0.15) is 23.2 Å². The van der Waals surface area contributed by atoms with Crippen molar-refractivity contribution in [3.63, 3.8) is 0 Å². The highest BCUT2D eigenvalue weighted by Crippen LogP contribution is 2.40. The first kappa shape index (κ1) is 26.6. The number of H-pyrrole nitrogens is 1. The number of nitrogens with zero attached hydrogens (tertiary/aromatic N) is 3. The van der Waals surface area contributed by atoms with Gasteiger partial charge < -0.3 is 24.5 Å². The van der Waals surface area contributed by atoms with Gasteiger partial charge in [0.05, 0.1) is 30.2 Å². The molecule has 1 saturated carbocycles. The molecule has 0 radical (unpaired) electrons. The van der Waals surface area contributed by atoms with E-state index in [0.29, 0.717) is 52.5 Å². The van der Waals surface area contributed by atoms with Gasteiger partial charge in [-0.15, -0.1) is 0 Å². The quantitative estimate of drug-likeness (QED) is 0.238. The number of halogens is 2. The number of nitriles is 1. The zero-order valence-electron chi connectivity index (χ0n) is 22.7. The number of fused-ring (bicyclic) bond motifs is 1. The Morgan fingerprint density at radius 1 is 1.12 bits per heavy atom. The molecule has 4 aromatic rings. The Bertz CT molecular complexity index is 1650. The van der Waals surface area contributed by atoms with E-state index in [-0.39, 0.29) is 23.6 Å². The van der Waals surface area contributed by atoms with E-state index in [1.165, 1.54) is 25.1 Å². The molecule has 0 saturated heterocycles. The first-order valence-electron chi connectivity index (χ1n) is 13.7. The van der Waals surface area contributed by atoms with Crippen LogP contribution in [0, 0.1) is 34.8 Å². The minimum atomic E-state index is -0.889. The maximum Gasteiger partial charge on any atom is 0.289 e. The Morgan fingerprint density at radius 3 is 2.61 bits per heavy atom. The van der Waals surface area contributed by atoms with Crippen LogP contribution in [0.2, 0.25) is 0 Å². The van der Waals surface area contributed by atoms with Gasteiger partial charge in [-0.05, 0) is 49.9 Å². The van der Waals surface area contributed by atoms with Crippen molar-refractivity contribution < 1.29 is 23.0 Å². The second-order valence-electron chi connectivity index (χ2n) is 10.7. The molecule has 0 bridgehead atoms. The minimum absolute atomic E-state index is 0.0934. The Kier molecular flexibility index (Phi) is 7.18. The molecule has 0 spiro atoms. The van der Waals surface area contributed by atoms with Crippen molar-refractivity contribution in [2.24, 2.45) is 16.8 Å². The van der Waals surface area contributed by atoms with E-state index < -0.39 is 17.4 Å². The maximum absolute atomic E-state index is 15.2. The second-order valence-corrected chi connectivity index (χ2v) is 10.7. The Labute approximate surface area is 236 Å². The maximum atomic E-state index is 15.2. The molecule has 2 N–H and O–H groups in total. The number of aromatic amines is 1. The van der Waals surface area contributed by atoms with Gasteiger partial charge in [-0.1, -0.05) is 18.9 Å². The molecule has 1 atom stereocenters. The van der Waals surface area contributed by atoms with Crippen molar-refractivity contribution in [1.82, 2.24) is 9.97 Å². The molecule has 8 nitrogen and oxygen atoms in total. The molecule has 2 aromatic heterocycles. The summed E-state index contributed by atoms with van der Waals surface area (Å²) in [5.41, 5.74) is 2.34. The highest BCUT2D eigenvalue weighted by molar-refractivity contribution is 5.98. The zero-order chi connectivity index (χ0) is 28.5. The van der Waals surface area contributed by atoms with Crippen molar-refractivity contribution in [3.05, 3.63) is 66.0 Å². The predicted octanol–water partition coefficient (Wildman–Crippen LogP) is 7.17. The van der Waals surface area contributed by atoms with Gasteiger partial charge in [0.25, 0.3) is 6.02 Å². The summed E-state index contributed by atoms with van der Waals surface area (Å²) >= 11 is 0. The topological polar surface area (TPSA) is 105 Å². The van der Waals surface area contributed by atoms with E-state index >= 15 is 8.78 Å². The Hall–Kier alpha value is -4.65. The smallest absolute Gasteiger partial charge is 0.289 e. The Balaban J connectivity index is 1.25. The molecular weight excluding hydrogens is 528 g/mol. The summed E-state index contributed by atoms with van der Waals surface area (Å²) in [5, 5.41) is 13.1. The van der Waals surface area contributed by atoms with Gasteiger partial charge in [0.15, 0.2) is 17.4 Å². The zero-order valence-corrected chi connectivity index (χ0v) is 22.7. The summed E-state index contributed by atoms with van der Waals surface area (Å²) in [4.78, 5) is 11.8. The first-order chi connectivity index (χ1) is 19.9. The summed E-state index contributed by atoms with van der Waals surface area (Å²) < 4.78 is 47.6. The number of hydrogen-bond acceptors (Lipinski definition) is 7. The third-order valence-electron chi connectivity index (χ3n) is 7.08. The van der Waals surface area contributed by atoms with Crippen molar-refractivity contribution in [3.8, 4) is 34.4 Å². The molecule has 210 valence electrons. The van der Waals surface area contributed by atoms with E-state index in [2.05, 4.69) is 26.3 Å².